The SMILES string of the molecule is CCOc1ccc(NC(=NC)NCc2ccc(N3CCCCCC3)nc2)cc1OC. The van der Waals surface area contributed by atoms with E-state index in [0.717, 1.165) is 35.9 Å². The molecule has 0 aliphatic carbocycles. The van der Waals surface area contributed by atoms with Crippen LogP contribution in [0.2, 0.25) is 0 Å². The summed E-state index contributed by atoms with van der Waals surface area (Å²) in [7, 11) is 3.39. The van der Waals surface area contributed by atoms with E-state index < -0.39 is 0 Å². The minimum Gasteiger partial charge on any atom is -0.493 e. The van der Waals surface area contributed by atoms with Gasteiger partial charge in [0.05, 0.1) is 13.7 Å². The fourth-order valence-electron chi connectivity index (χ4n) is 3.53. The second-order valence-electron chi connectivity index (χ2n) is 7.28. The molecule has 1 aliphatic rings. The smallest absolute Gasteiger partial charge is 0.195 e. The van der Waals surface area contributed by atoms with Crippen LogP contribution in [0, 0.1) is 0 Å². The number of aliphatic imine (C=N–C) groups is 1. The maximum Gasteiger partial charge on any atom is 0.195 e. The second-order valence-corrected chi connectivity index (χ2v) is 7.28. The third-order valence-electron chi connectivity index (χ3n) is 5.15. The summed E-state index contributed by atoms with van der Waals surface area (Å²) in [5, 5.41) is 6.62. The minimum absolute atomic E-state index is 0.594. The first-order valence-corrected chi connectivity index (χ1v) is 10.7. The standard InChI is InChI=1S/C23H33N5O2/c1-4-30-20-11-10-19(15-21(20)29-3)27-23(24-2)26-17-18-9-12-22(25-16-18)28-13-7-5-6-8-14-28/h9-12,15-16H,4-8,13-14,17H2,1-3H3,(H2,24,26,27). The Morgan fingerprint density at radius 1 is 1.10 bits per heavy atom. The van der Waals surface area contributed by atoms with Gasteiger partial charge in [-0.2, -0.15) is 0 Å². The van der Waals surface area contributed by atoms with Gasteiger partial charge >= 0.3 is 0 Å². The van der Waals surface area contributed by atoms with Crippen LogP contribution >= 0.6 is 0 Å². The summed E-state index contributed by atoms with van der Waals surface area (Å²) in [5.41, 5.74) is 1.99. The molecule has 2 heterocycles. The summed E-state index contributed by atoms with van der Waals surface area (Å²) >= 11 is 0. The number of benzene rings is 1. The Hall–Kier alpha value is -2.96. The Balaban J connectivity index is 1.56. The number of rotatable bonds is 7. The molecule has 1 saturated heterocycles. The number of nitrogens with zero attached hydrogens (tertiary/aromatic N) is 3. The van der Waals surface area contributed by atoms with Crippen molar-refractivity contribution in [1.82, 2.24) is 10.3 Å². The fraction of sp³-hybridized carbons (Fsp3) is 0.478. The number of nitrogens with one attached hydrogen (secondary N) is 2. The molecule has 0 spiro atoms. The van der Waals surface area contributed by atoms with Crippen LogP contribution < -0.4 is 25.0 Å². The summed E-state index contributed by atoms with van der Waals surface area (Å²) in [4.78, 5) is 11.4. The summed E-state index contributed by atoms with van der Waals surface area (Å²) in [5.74, 6) is 3.16. The van der Waals surface area contributed by atoms with Crippen LogP contribution in [0.3, 0.4) is 0 Å². The Morgan fingerprint density at radius 3 is 2.53 bits per heavy atom. The minimum atomic E-state index is 0.594. The first kappa shape index (κ1) is 21.7. The molecular formula is C23H33N5O2. The lowest BCUT2D eigenvalue weighted by Gasteiger charge is -2.21. The van der Waals surface area contributed by atoms with E-state index in [9.17, 15) is 0 Å². The molecule has 1 aliphatic heterocycles. The molecular weight excluding hydrogens is 378 g/mol. The number of hydrogen-bond acceptors (Lipinski definition) is 5. The van der Waals surface area contributed by atoms with E-state index in [-0.39, 0.29) is 0 Å². The number of guanidine groups is 1. The van der Waals surface area contributed by atoms with Gasteiger partial charge in [-0.3, -0.25) is 4.99 Å². The number of ether oxygens (including phenoxy) is 2. The molecule has 3 rings (SSSR count). The zero-order chi connectivity index (χ0) is 21.2. The van der Waals surface area contributed by atoms with Crippen molar-refractivity contribution < 1.29 is 9.47 Å². The molecule has 0 saturated carbocycles. The molecule has 0 amide bonds. The Morgan fingerprint density at radius 2 is 1.90 bits per heavy atom. The monoisotopic (exact) mass is 411 g/mol. The molecule has 0 atom stereocenters. The molecule has 0 unspecified atom stereocenters. The highest BCUT2D eigenvalue weighted by molar-refractivity contribution is 5.93. The Labute approximate surface area is 179 Å². The van der Waals surface area contributed by atoms with Gasteiger partial charge in [-0.1, -0.05) is 18.9 Å². The normalized spacial score (nSPS) is 14.8. The lowest BCUT2D eigenvalue weighted by Crippen LogP contribution is -2.30. The highest BCUT2D eigenvalue weighted by atomic mass is 16.5. The van der Waals surface area contributed by atoms with Gasteiger partial charge in [0.25, 0.3) is 0 Å². The van der Waals surface area contributed by atoms with E-state index in [1.165, 1.54) is 25.7 Å². The van der Waals surface area contributed by atoms with E-state index in [2.05, 4.69) is 37.6 Å². The van der Waals surface area contributed by atoms with Gasteiger partial charge in [0, 0.05) is 44.6 Å². The van der Waals surface area contributed by atoms with Crippen LogP contribution in [0.1, 0.15) is 38.2 Å². The molecule has 1 aromatic carbocycles. The van der Waals surface area contributed by atoms with Crippen molar-refractivity contribution in [2.75, 3.05) is 44.1 Å². The number of aromatic nitrogens is 1. The Kier molecular flexibility index (Phi) is 8.18. The fourth-order valence-corrected chi connectivity index (χ4v) is 3.53. The molecule has 2 aromatic rings. The van der Waals surface area contributed by atoms with Crippen molar-refractivity contribution in [3.05, 3.63) is 42.1 Å². The van der Waals surface area contributed by atoms with Gasteiger partial charge < -0.3 is 25.0 Å². The molecule has 7 heteroatoms. The zero-order valence-electron chi connectivity index (χ0n) is 18.3. The molecule has 162 valence electrons. The van der Waals surface area contributed by atoms with E-state index in [0.29, 0.717) is 24.9 Å². The predicted octanol–water partition coefficient (Wildman–Crippen LogP) is 4.06. The first-order valence-electron chi connectivity index (χ1n) is 10.7. The average molecular weight is 412 g/mol. The van der Waals surface area contributed by atoms with Crippen LogP contribution in [0.15, 0.2) is 41.5 Å². The summed E-state index contributed by atoms with van der Waals surface area (Å²) in [6.07, 6.45) is 7.10. The second kappa shape index (κ2) is 11.3. The molecule has 0 bridgehead atoms. The summed E-state index contributed by atoms with van der Waals surface area (Å²) < 4.78 is 11.0. The van der Waals surface area contributed by atoms with Crippen molar-refractivity contribution in [3.63, 3.8) is 0 Å². The number of pyridine rings is 1. The molecule has 2 N–H and O–H groups in total. The van der Waals surface area contributed by atoms with Crippen molar-refractivity contribution in [2.24, 2.45) is 4.99 Å². The van der Waals surface area contributed by atoms with Crippen LogP contribution in [-0.2, 0) is 6.54 Å². The first-order chi connectivity index (χ1) is 14.7. The van der Waals surface area contributed by atoms with Gasteiger partial charge in [0.1, 0.15) is 5.82 Å². The van der Waals surface area contributed by atoms with Gasteiger partial charge in [0.2, 0.25) is 0 Å². The van der Waals surface area contributed by atoms with Crippen LogP contribution in [0.25, 0.3) is 0 Å². The van der Waals surface area contributed by atoms with Crippen molar-refractivity contribution in [2.45, 2.75) is 39.2 Å². The zero-order valence-corrected chi connectivity index (χ0v) is 18.3. The molecule has 1 aromatic heterocycles. The quantitative estimate of drug-likeness (QED) is 0.529. The van der Waals surface area contributed by atoms with E-state index in [4.69, 9.17) is 9.47 Å². The summed E-state index contributed by atoms with van der Waals surface area (Å²) in [6, 6.07) is 9.99. The third kappa shape index (κ3) is 6.02. The summed E-state index contributed by atoms with van der Waals surface area (Å²) in [6.45, 7) is 5.39. The van der Waals surface area contributed by atoms with Crippen molar-refractivity contribution in [1.29, 1.82) is 0 Å². The van der Waals surface area contributed by atoms with E-state index in [1.54, 1.807) is 14.2 Å². The van der Waals surface area contributed by atoms with Gasteiger partial charge in [-0.15, -0.1) is 0 Å². The van der Waals surface area contributed by atoms with Crippen LogP contribution in [0.5, 0.6) is 11.5 Å². The highest BCUT2D eigenvalue weighted by Gasteiger charge is 2.11. The Bertz CT molecular complexity index is 815. The molecule has 1 fully saturated rings. The van der Waals surface area contributed by atoms with Crippen molar-refractivity contribution in [3.8, 4) is 11.5 Å². The van der Waals surface area contributed by atoms with E-state index in [1.807, 2.05) is 31.3 Å². The lowest BCUT2D eigenvalue weighted by molar-refractivity contribution is 0.311. The maximum absolute atomic E-state index is 5.57. The number of hydrogen-bond donors (Lipinski definition) is 2. The lowest BCUT2D eigenvalue weighted by atomic mass is 10.2. The largest absolute Gasteiger partial charge is 0.493 e. The maximum atomic E-state index is 5.57. The molecule has 30 heavy (non-hydrogen) atoms. The van der Waals surface area contributed by atoms with Gasteiger partial charge in [-0.05, 0) is 43.5 Å². The van der Waals surface area contributed by atoms with Crippen LogP contribution in [-0.4, -0.2) is 44.8 Å². The number of methoxy groups -OCH3 is 1. The highest BCUT2D eigenvalue weighted by Crippen LogP contribution is 2.30. The number of anilines is 2. The average Bonchev–Trinajstić information content (AvgIpc) is 3.07. The van der Waals surface area contributed by atoms with Crippen LogP contribution in [0.4, 0.5) is 11.5 Å². The third-order valence-corrected chi connectivity index (χ3v) is 5.15. The van der Waals surface area contributed by atoms with E-state index >= 15 is 0 Å². The van der Waals surface area contributed by atoms with Crippen molar-refractivity contribution >= 4 is 17.5 Å². The molecule has 0 radical (unpaired) electrons. The molecule has 7 nitrogen and oxygen atoms in total. The predicted molar refractivity (Wildman–Crippen MR) is 123 cm³/mol. The topological polar surface area (TPSA) is 71.0 Å². The van der Waals surface area contributed by atoms with Gasteiger partial charge in [-0.25, -0.2) is 4.98 Å². The van der Waals surface area contributed by atoms with Gasteiger partial charge in [0.15, 0.2) is 17.5 Å².